The van der Waals surface area contributed by atoms with Crippen LogP contribution in [0.25, 0.3) is 6.08 Å². The number of phenolic OH excluding ortho intramolecular Hbond substituents is 1. The number of phenols is 1. The predicted molar refractivity (Wildman–Crippen MR) is 81.7 cm³/mol. The minimum absolute atomic E-state index is 0.0366. The molecule has 2 aromatic rings. The Bertz CT molecular complexity index is 740. The topological polar surface area (TPSA) is 58.6 Å². The summed E-state index contributed by atoms with van der Waals surface area (Å²) in [6.07, 6.45) is 1.77. The third kappa shape index (κ3) is 2.85. The molecule has 4 nitrogen and oxygen atoms in total. The minimum Gasteiger partial charge on any atom is -0.506 e. The number of ether oxygens (including phenoxy) is 1. The number of benzene rings is 2. The largest absolute Gasteiger partial charge is 0.506 e. The molecule has 2 aromatic carbocycles. The molecule has 0 unspecified atom stereocenters. The highest BCUT2D eigenvalue weighted by Crippen LogP contribution is 2.29. The first-order chi connectivity index (χ1) is 10.1. The lowest BCUT2D eigenvalue weighted by atomic mass is 10.1. The Labute approximate surface area is 126 Å². The van der Waals surface area contributed by atoms with Gasteiger partial charge in [0.2, 0.25) is 0 Å². The van der Waals surface area contributed by atoms with Crippen LogP contribution in [0.3, 0.4) is 0 Å². The summed E-state index contributed by atoms with van der Waals surface area (Å²) in [4.78, 5) is 12.2. The van der Waals surface area contributed by atoms with Gasteiger partial charge >= 0.3 is 0 Å². The van der Waals surface area contributed by atoms with Crippen molar-refractivity contribution in [3.05, 3.63) is 58.6 Å². The number of hydrogen-bond donors (Lipinski definition) is 2. The average molecular weight is 302 g/mol. The van der Waals surface area contributed by atoms with Crippen LogP contribution in [0.5, 0.6) is 11.5 Å². The van der Waals surface area contributed by atoms with Crippen LogP contribution in [0.15, 0.2) is 48.0 Å². The van der Waals surface area contributed by atoms with Gasteiger partial charge in [-0.05, 0) is 30.3 Å². The summed E-state index contributed by atoms with van der Waals surface area (Å²) in [5, 5.41) is 12.8. The highest BCUT2D eigenvalue weighted by atomic mass is 35.5. The first-order valence-electron chi connectivity index (χ1n) is 6.36. The Morgan fingerprint density at radius 3 is 2.90 bits per heavy atom. The highest BCUT2D eigenvalue weighted by Gasteiger charge is 2.18. The fraction of sp³-hybridized carbons (Fsp3) is 0.0625. The highest BCUT2D eigenvalue weighted by molar-refractivity contribution is 6.31. The quantitative estimate of drug-likeness (QED) is 0.835. The van der Waals surface area contributed by atoms with Gasteiger partial charge in [-0.25, -0.2) is 0 Å². The maximum absolute atomic E-state index is 12.2. The Balaban J connectivity index is 1.84. The molecule has 1 aliphatic heterocycles. The number of amides is 1. The number of halogens is 1. The van der Waals surface area contributed by atoms with Gasteiger partial charge in [0.05, 0.1) is 11.3 Å². The SMILES string of the molecule is O=C(Nc1cc(Cl)ccc1O)C1=Cc2ccccc2OC1. The smallest absolute Gasteiger partial charge is 0.255 e. The van der Waals surface area contributed by atoms with E-state index in [1.54, 1.807) is 12.1 Å². The van der Waals surface area contributed by atoms with Gasteiger partial charge in [-0.3, -0.25) is 4.79 Å². The molecule has 0 spiro atoms. The van der Waals surface area contributed by atoms with Crippen molar-refractivity contribution in [3.63, 3.8) is 0 Å². The molecule has 0 radical (unpaired) electrons. The number of para-hydroxylation sites is 1. The van der Waals surface area contributed by atoms with E-state index >= 15 is 0 Å². The normalized spacial score (nSPS) is 12.9. The van der Waals surface area contributed by atoms with Crippen LogP contribution >= 0.6 is 11.6 Å². The minimum atomic E-state index is -0.331. The van der Waals surface area contributed by atoms with E-state index in [2.05, 4.69) is 5.32 Å². The van der Waals surface area contributed by atoms with Crippen molar-refractivity contribution in [3.8, 4) is 11.5 Å². The van der Waals surface area contributed by atoms with Crippen LogP contribution < -0.4 is 10.1 Å². The number of fused-ring (bicyclic) bond motifs is 1. The molecular weight excluding hydrogens is 290 g/mol. The van der Waals surface area contributed by atoms with Crippen LogP contribution in [0.2, 0.25) is 5.02 Å². The second-order valence-corrected chi connectivity index (χ2v) is 5.05. The molecule has 0 fully saturated rings. The maximum atomic E-state index is 12.2. The zero-order valence-electron chi connectivity index (χ0n) is 11.0. The first kappa shape index (κ1) is 13.5. The van der Waals surface area contributed by atoms with Gasteiger partial charge < -0.3 is 15.2 Å². The fourth-order valence-corrected chi connectivity index (χ4v) is 2.23. The molecule has 0 aliphatic carbocycles. The summed E-state index contributed by atoms with van der Waals surface area (Å²) in [6, 6.07) is 11.9. The standard InChI is InChI=1S/C16H12ClNO3/c17-12-5-6-14(19)13(8-12)18-16(20)11-7-10-3-1-2-4-15(10)21-9-11/h1-8,19H,9H2,(H,18,20). The van der Waals surface area contributed by atoms with Crippen molar-refractivity contribution in [2.24, 2.45) is 0 Å². The van der Waals surface area contributed by atoms with Crippen LogP contribution in [-0.4, -0.2) is 17.6 Å². The van der Waals surface area contributed by atoms with Crippen molar-refractivity contribution < 1.29 is 14.6 Å². The summed E-state index contributed by atoms with van der Waals surface area (Å²) in [7, 11) is 0. The van der Waals surface area contributed by atoms with E-state index in [0.717, 1.165) is 11.3 Å². The van der Waals surface area contributed by atoms with E-state index in [0.29, 0.717) is 10.6 Å². The van der Waals surface area contributed by atoms with E-state index in [1.165, 1.54) is 12.1 Å². The van der Waals surface area contributed by atoms with Gasteiger partial charge in [-0.1, -0.05) is 29.8 Å². The molecule has 1 amide bonds. The van der Waals surface area contributed by atoms with E-state index in [4.69, 9.17) is 16.3 Å². The van der Waals surface area contributed by atoms with Crippen LogP contribution in [0, 0.1) is 0 Å². The molecule has 5 heteroatoms. The van der Waals surface area contributed by atoms with Gasteiger partial charge in [-0.2, -0.15) is 0 Å². The lowest BCUT2D eigenvalue weighted by molar-refractivity contribution is -0.113. The summed E-state index contributed by atoms with van der Waals surface area (Å²) >= 11 is 5.85. The molecule has 0 bridgehead atoms. The summed E-state index contributed by atoms with van der Waals surface area (Å²) < 4.78 is 5.53. The molecule has 1 aliphatic rings. The summed E-state index contributed by atoms with van der Waals surface area (Å²) in [5.41, 5.74) is 1.60. The van der Waals surface area contributed by atoms with Gasteiger partial charge in [0.15, 0.2) is 0 Å². The zero-order chi connectivity index (χ0) is 14.8. The van der Waals surface area contributed by atoms with Crippen molar-refractivity contribution in [2.75, 3.05) is 11.9 Å². The molecule has 106 valence electrons. The van der Waals surface area contributed by atoms with Gasteiger partial charge in [-0.15, -0.1) is 0 Å². The number of anilines is 1. The molecule has 2 N–H and O–H groups in total. The van der Waals surface area contributed by atoms with E-state index < -0.39 is 0 Å². The summed E-state index contributed by atoms with van der Waals surface area (Å²) in [6.45, 7) is 0.185. The lowest BCUT2D eigenvalue weighted by Gasteiger charge is -2.17. The van der Waals surface area contributed by atoms with E-state index in [1.807, 2.05) is 24.3 Å². The number of nitrogens with one attached hydrogen (secondary N) is 1. The molecule has 0 aromatic heterocycles. The summed E-state index contributed by atoms with van der Waals surface area (Å²) in [5.74, 6) is 0.382. The molecule has 0 saturated heterocycles. The van der Waals surface area contributed by atoms with Crippen molar-refractivity contribution >= 4 is 29.3 Å². The number of rotatable bonds is 2. The second kappa shape index (κ2) is 5.50. The van der Waals surface area contributed by atoms with E-state index in [9.17, 15) is 9.90 Å². The van der Waals surface area contributed by atoms with Crippen LogP contribution in [-0.2, 0) is 4.79 Å². The maximum Gasteiger partial charge on any atom is 0.255 e. The number of aromatic hydroxyl groups is 1. The molecule has 1 heterocycles. The third-order valence-electron chi connectivity index (χ3n) is 3.13. The van der Waals surface area contributed by atoms with Gasteiger partial charge in [0.25, 0.3) is 5.91 Å². The molecule has 0 atom stereocenters. The van der Waals surface area contributed by atoms with Crippen LogP contribution in [0.4, 0.5) is 5.69 Å². The lowest BCUT2D eigenvalue weighted by Crippen LogP contribution is -2.21. The number of carbonyl (C=O) groups excluding carboxylic acids is 1. The Kier molecular flexibility index (Phi) is 3.54. The number of carbonyl (C=O) groups is 1. The Morgan fingerprint density at radius 1 is 1.24 bits per heavy atom. The fourth-order valence-electron chi connectivity index (χ4n) is 2.06. The average Bonchev–Trinajstić information content (AvgIpc) is 2.50. The molecule has 21 heavy (non-hydrogen) atoms. The Morgan fingerprint density at radius 2 is 2.05 bits per heavy atom. The molecular formula is C16H12ClNO3. The first-order valence-corrected chi connectivity index (χ1v) is 6.73. The van der Waals surface area contributed by atoms with Gasteiger partial charge in [0.1, 0.15) is 18.1 Å². The van der Waals surface area contributed by atoms with Crippen molar-refractivity contribution in [1.29, 1.82) is 0 Å². The second-order valence-electron chi connectivity index (χ2n) is 4.61. The van der Waals surface area contributed by atoms with Crippen molar-refractivity contribution in [1.82, 2.24) is 0 Å². The van der Waals surface area contributed by atoms with E-state index in [-0.39, 0.29) is 24.0 Å². The van der Waals surface area contributed by atoms with Crippen molar-refractivity contribution in [2.45, 2.75) is 0 Å². The molecule has 0 saturated carbocycles. The zero-order valence-corrected chi connectivity index (χ0v) is 11.7. The number of hydrogen-bond acceptors (Lipinski definition) is 3. The Hall–Kier alpha value is -2.46. The third-order valence-corrected chi connectivity index (χ3v) is 3.37. The monoisotopic (exact) mass is 301 g/mol. The predicted octanol–water partition coefficient (Wildman–Crippen LogP) is 3.46. The van der Waals surface area contributed by atoms with Gasteiger partial charge in [0, 0.05) is 10.6 Å². The van der Waals surface area contributed by atoms with Crippen LogP contribution in [0.1, 0.15) is 5.56 Å². The molecule has 3 rings (SSSR count).